The number of nitrogens with one attached hydrogen (secondary N) is 1. The van der Waals surface area contributed by atoms with Crippen molar-refractivity contribution >= 4 is 15.9 Å². The van der Waals surface area contributed by atoms with E-state index >= 15 is 0 Å². The predicted molar refractivity (Wildman–Crippen MR) is 80.6 cm³/mol. The average molecular weight is 321 g/mol. The summed E-state index contributed by atoms with van der Waals surface area (Å²) in [5.41, 5.74) is 2.21. The van der Waals surface area contributed by atoms with Crippen LogP contribution in [0.2, 0.25) is 0 Å². The van der Waals surface area contributed by atoms with Gasteiger partial charge in [0.05, 0.1) is 4.47 Å². The lowest BCUT2D eigenvalue weighted by Crippen LogP contribution is -2.06. The van der Waals surface area contributed by atoms with Crippen LogP contribution in [0.1, 0.15) is 18.2 Å². The molecule has 19 heavy (non-hydrogen) atoms. The van der Waals surface area contributed by atoms with Gasteiger partial charge in [0.1, 0.15) is 5.75 Å². The van der Waals surface area contributed by atoms with Crippen LogP contribution >= 0.6 is 15.9 Å². The van der Waals surface area contributed by atoms with Gasteiger partial charge in [-0.2, -0.15) is 0 Å². The van der Waals surface area contributed by atoms with Gasteiger partial charge in [0.25, 0.3) is 0 Å². The SMILES string of the molecule is CCc1cc(CNC)cc(Oc2ccccc2Br)n1. The molecule has 1 N–H and O–H groups in total. The lowest BCUT2D eigenvalue weighted by atomic mass is 10.2. The Hall–Kier alpha value is -1.39. The summed E-state index contributed by atoms with van der Waals surface area (Å²) < 4.78 is 6.78. The second-order valence-corrected chi connectivity index (χ2v) is 5.08. The fourth-order valence-electron chi connectivity index (χ4n) is 1.80. The molecular weight excluding hydrogens is 304 g/mol. The number of para-hydroxylation sites is 1. The molecule has 0 aliphatic carbocycles. The van der Waals surface area contributed by atoms with Gasteiger partial charge in [-0.25, -0.2) is 4.98 Å². The van der Waals surface area contributed by atoms with Crippen molar-refractivity contribution in [1.82, 2.24) is 10.3 Å². The molecule has 0 bridgehead atoms. The Balaban J connectivity index is 2.29. The van der Waals surface area contributed by atoms with E-state index in [0.717, 1.165) is 28.9 Å². The minimum absolute atomic E-state index is 0.636. The van der Waals surface area contributed by atoms with Crippen molar-refractivity contribution in [3.8, 4) is 11.6 Å². The van der Waals surface area contributed by atoms with Gasteiger partial charge in [0.2, 0.25) is 5.88 Å². The molecule has 0 aliphatic heterocycles. The Morgan fingerprint density at radius 2 is 2.05 bits per heavy atom. The highest BCUT2D eigenvalue weighted by Gasteiger charge is 2.06. The Bertz CT molecular complexity index is 558. The second kappa shape index (κ2) is 6.68. The Morgan fingerprint density at radius 3 is 2.74 bits per heavy atom. The van der Waals surface area contributed by atoms with Crippen LogP contribution in [-0.2, 0) is 13.0 Å². The molecule has 0 fully saturated rings. The second-order valence-electron chi connectivity index (χ2n) is 4.22. The summed E-state index contributed by atoms with van der Waals surface area (Å²) in [6, 6.07) is 11.8. The van der Waals surface area contributed by atoms with Crippen molar-refractivity contribution in [3.05, 3.63) is 52.1 Å². The standard InChI is InChI=1S/C15H17BrN2O/c1-3-12-8-11(10-17-2)9-15(18-12)19-14-7-5-4-6-13(14)16/h4-9,17H,3,10H2,1-2H3. The van der Waals surface area contributed by atoms with Crippen LogP contribution < -0.4 is 10.1 Å². The van der Waals surface area contributed by atoms with E-state index in [2.05, 4.69) is 39.2 Å². The van der Waals surface area contributed by atoms with E-state index < -0.39 is 0 Å². The molecule has 0 amide bonds. The smallest absolute Gasteiger partial charge is 0.219 e. The number of halogens is 1. The topological polar surface area (TPSA) is 34.1 Å². The minimum Gasteiger partial charge on any atom is -0.438 e. The zero-order valence-corrected chi connectivity index (χ0v) is 12.7. The average Bonchev–Trinajstić information content (AvgIpc) is 2.41. The van der Waals surface area contributed by atoms with Crippen molar-refractivity contribution in [3.63, 3.8) is 0 Å². The number of aromatic nitrogens is 1. The van der Waals surface area contributed by atoms with Gasteiger partial charge in [-0.1, -0.05) is 19.1 Å². The Labute approximate surface area is 122 Å². The summed E-state index contributed by atoms with van der Waals surface area (Å²) in [5, 5.41) is 3.15. The molecule has 3 nitrogen and oxygen atoms in total. The molecular formula is C15H17BrN2O. The molecule has 1 heterocycles. The zero-order valence-electron chi connectivity index (χ0n) is 11.1. The van der Waals surface area contributed by atoms with Crippen molar-refractivity contribution in [1.29, 1.82) is 0 Å². The number of rotatable bonds is 5. The van der Waals surface area contributed by atoms with E-state index in [-0.39, 0.29) is 0 Å². The van der Waals surface area contributed by atoms with Crippen LogP contribution in [0, 0.1) is 0 Å². The van der Waals surface area contributed by atoms with E-state index in [4.69, 9.17) is 4.74 Å². The van der Waals surface area contributed by atoms with E-state index in [1.165, 1.54) is 5.56 Å². The first-order valence-electron chi connectivity index (χ1n) is 6.29. The first-order chi connectivity index (χ1) is 9.22. The summed E-state index contributed by atoms with van der Waals surface area (Å²) >= 11 is 3.47. The number of ether oxygens (including phenoxy) is 1. The first kappa shape index (κ1) is 14.0. The fraction of sp³-hybridized carbons (Fsp3) is 0.267. The fourth-order valence-corrected chi connectivity index (χ4v) is 2.17. The molecule has 1 aromatic heterocycles. The van der Waals surface area contributed by atoms with Crippen LogP contribution in [0.25, 0.3) is 0 Å². The normalized spacial score (nSPS) is 10.5. The molecule has 0 saturated carbocycles. The van der Waals surface area contributed by atoms with Gasteiger partial charge in [0, 0.05) is 18.3 Å². The third kappa shape index (κ3) is 3.78. The maximum Gasteiger partial charge on any atom is 0.219 e. The predicted octanol–water partition coefficient (Wildman–Crippen LogP) is 3.92. The lowest BCUT2D eigenvalue weighted by Gasteiger charge is -2.10. The number of benzene rings is 1. The van der Waals surface area contributed by atoms with Crippen LogP contribution in [0.3, 0.4) is 0 Å². The van der Waals surface area contributed by atoms with Gasteiger partial charge < -0.3 is 10.1 Å². The number of nitrogens with zero attached hydrogens (tertiary/aromatic N) is 1. The van der Waals surface area contributed by atoms with Crippen LogP contribution in [0.5, 0.6) is 11.6 Å². The summed E-state index contributed by atoms with van der Waals surface area (Å²) in [7, 11) is 1.93. The highest BCUT2D eigenvalue weighted by molar-refractivity contribution is 9.10. The third-order valence-corrected chi connectivity index (χ3v) is 3.36. The quantitative estimate of drug-likeness (QED) is 0.906. The molecule has 0 aliphatic rings. The molecule has 2 rings (SSSR count). The third-order valence-electron chi connectivity index (χ3n) is 2.71. The van der Waals surface area contributed by atoms with E-state index in [1.807, 2.05) is 37.4 Å². The molecule has 0 atom stereocenters. The van der Waals surface area contributed by atoms with Crippen molar-refractivity contribution in [2.24, 2.45) is 0 Å². The van der Waals surface area contributed by atoms with Gasteiger partial charge in [-0.3, -0.25) is 0 Å². The maximum atomic E-state index is 5.85. The summed E-state index contributed by atoms with van der Waals surface area (Å²) in [4.78, 5) is 4.50. The number of hydrogen-bond donors (Lipinski definition) is 1. The highest BCUT2D eigenvalue weighted by atomic mass is 79.9. The first-order valence-corrected chi connectivity index (χ1v) is 7.09. The summed E-state index contributed by atoms with van der Waals surface area (Å²) in [6.07, 6.45) is 0.893. The molecule has 0 unspecified atom stereocenters. The van der Waals surface area contributed by atoms with Gasteiger partial charge >= 0.3 is 0 Å². The van der Waals surface area contributed by atoms with Crippen LogP contribution in [0.4, 0.5) is 0 Å². The molecule has 0 radical (unpaired) electrons. The highest BCUT2D eigenvalue weighted by Crippen LogP contribution is 2.28. The largest absolute Gasteiger partial charge is 0.438 e. The molecule has 0 saturated heterocycles. The zero-order chi connectivity index (χ0) is 13.7. The Kier molecular flexibility index (Phi) is 4.93. The molecule has 2 aromatic rings. The molecule has 4 heteroatoms. The Morgan fingerprint density at radius 1 is 1.26 bits per heavy atom. The molecule has 0 spiro atoms. The van der Waals surface area contributed by atoms with Crippen molar-refractivity contribution in [2.75, 3.05) is 7.05 Å². The van der Waals surface area contributed by atoms with Crippen molar-refractivity contribution in [2.45, 2.75) is 19.9 Å². The van der Waals surface area contributed by atoms with Crippen LogP contribution in [0.15, 0.2) is 40.9 Å². The van der Waals surface area contributed by atoms with Gasteiger partial charge in [-0.05, 0) is 53.2 Å². The van der Waals surface area contributed by atoms with E-state index in [1.54, 1.807) is 0 Å². The number of aryl methyl sites for hydroxylation is 1. The van der Waals surface area contributed by atoms with Crippen LogP contribution in [-0.4, -0.2) is 12.0 Å². The number of pyridine rings is 1. The van der Waals surface area contributed by atoms with E-state index in [9.17, 15) is 0 Å². The lowest BCUT2D eigenvalue weighted by molar-refractivity contribution is 0.457. The number of hydrogen-bond acceptors (Lipinski definition) is 3. The van der Waals surface area contributed by atoms with Crippen molar-refractivity contribution < 1.29 is 4.74 Å². The van der Waals surface area contributed by atoms with Gasteiger partial charge in [-0.15, -0.1) is 0 Å². The molecule has 1 aromatic carbocycles. The monoisotopic (exact) mass is 320 g/mol. The summed E-state index contributed by atoms with van der Waals surface area (Å²) in [5.74, 6) is 1.41. The van der Waals surface area contributed by atoms with Gasteiger partial charge in [0.15, 0.2) is 0 Å². The van der Waals surface area contributed by atoms with E-state index in [0.29, 0.717) is 5.88 Å². The minimum atomic E-state index is 0.636. The summed E-state index contributed by atoms with van der Waals surface area (Å²) in [6.45, 7) is 2.90. The molecule has 100 valence electrons. The maximum absolute atomic E-state index is 5.85.